The maximum atomic E-state index is 13.4. The topological polar surface area (TPSA) is 128 Å². The summed E-state index contributed by atoms with van der Waals surface area (Å²) < 4.78 is 0. The fraction of sp³-hybridized carbons (Fsp3) is 0.560. The van der Waals surface area contributed by atoms with Crippen LogP contribution in [0.15, 0.2) is 30.3 Å². The Morgan fingerprint density at radius 3 is 2.17 bits per heavy atom. The molecule has 1 fully saturated rings. The van der Waals surface area contributed by atoms with E-state index in [1.165, 1.54) is 9.80 Å². The third kappa shape index (κ3) is 8.38. The lowest BCUT2D eigenvalue weighted by Crippen LogP contribution is -2.52. The van der Waals surface area contributed by atoms with Crippen LogP contribution in [0.4, 0.5) is 0 Å². The lowest BCUT2D eigenvalue weighted by molar-refractivity contribution is -0.145. The number of hydrogen-bond acceptors (Lipinski definition) is 5. The second-order valence-corrected chi connectivity index (χ2v) is 8.82. The molecule has 2 rings (SSSR count). The molecule has 192 valence electrons. The average Bonchev–Trinajstić information content (AvgIpc) is 2.84. The number of benzene rings is 1. The molecule has 1 saturated heterocycles. The van der Waals surface area contributed by atoms with Gasteiger partial charge in [0.2, 0.25) is 29.5 Å². The second kappa shape index (κ2) is 13.5. The summed E-state index contributed by atoms with van der Waals surface area (Å²) in [5.74, 6) is -1.85. The fourth-order valence-corrected chi connectivity index (χ4v) is 3.80. The van der Waals surface area contributed by atoms with Gasteiger partial charge in [-0.25, -0.2) is 0 Å². The fourth-order valence-electron chi connectivity index (χ4n) is 3.80. The Morgan fingerprint density at radius 1 is 0.857 bits per heavy atom. The van der Waals surface area contributed by atoms with Crippen molar-refractivity contribution in [3.8, 4) is 0 Å². The molecule has 0 radical (unpaired) electrons. The highest BCUT2D eigenvalue weighted by molar-refractivity contribution is 5.91. The molecule has 3 atom stereocenters. The van der Waals surface area contributed by atoms with Gasteiger partial charge in [-0.2, -0.15) is 0 Å². The molecule has 0 saturated carbocycles. The van der Waals surface area contributed by atoms with Gasteiger partial charge in [-0.05, 0) is 32.8 Å². The summed E-state index contributed by atoms with van der Waals surface area (Å²) in [5.41, 5.74) is 0.870. The van der Waals surface area contributed by atoms with Gasteiger partial charge in [0.1, 0.15) is 12.6 Å². The number of carbonyl (C=O) groups excluding carboxylic acids is 5. The normalized spacial score (nSPS) is 21.5. The first-order valence-corrected chi connectivity index (χ1v) is 12.1. The molecule has 0 aliphatic carbocycles. The van der Waals surface area contributed by atoms with Crippen LogP contribution in [0.3, 0.4) is 0 Å². The summed E-state index contributed by atoms with van der Waals surface area (Å²) >= 11 is 0. The lowest BCUT2D eigenvalue weighted by atomic mass is 10.1. The van der Waals surface area contributed by atoms with Crippen molar-refractivity contribution < 1.29 is 24.0 Å². The number of amides is 5. The van der Waals surface area contributed by atoms with E-state index in [0.717, 1.165) is 5.56 Å². The summed E-state index contributed by atoms with van der Waals surface area (Å²) in [6.07, 6.45) is 0.678. The zero-order valence-corrected chi connectivity index (χ0v) is 21.0. The molecule has 1 heterocycles. The molecule has 35 heavy (non-hydrogen) atoms. The lowest BCUT2D eigenvalue weighted by Gasteiger charge is -2.34. The van der Waals surface area contributed by atoms with Crippen LogP contribution in [-0.4, -0.2) is 77.6 Å². The minimum atomic E-state index is -0.827. The van der Waals surface area contributed by atoms with E-state index in [1.54, 1.807) is 6.92 Å². The second-order valence-electron chi connectivity index (χ2n) is 8.82. The Morgan fingerprint density at radius 2 is 1.51 bits per heavy atom. The highest BCUT2D eigenvalue weighted by atomic mass is 16.2. The molecule has 1 aromatic carbocycles. The van der Waals surface area contributed by atoms with Crippen molar-refractivity contribution in [2.45, 2.75) is 65.1 Å². The molecule has 10 heteroatoms. The smallest absolute Gasteiger partial charge is 0.242 e. The highest BCUT2D eigenvalue weighted by Crippen LogP contribution is 2.21. The SMILES string of the molecule is CCC(C)N1CC(=O)N[C@@H](C)C(=O)NCCC(=O)NCCC(=O)N([C@@H](C)c2ccccc2)CC1=O. The molecule has 1 aliphatic rings. The van der Waals surface area contributed by atoms with Gasteiger partial charge in [0.15, 0.2) is 0 Å². The van der Waals surface area contributed by atoms with Crippen LogP contribution in [0.1, 0.15) is 58.6 Å². The average molecular weight is 488 g/mol. The summed E-state index contributed by atoms with van der Waals surface area (Å²) in [5, 5.41) is 7.90. The van der Waals surface area contributed by atoms with Crippen molar-refractivity contribution in [1.29, 1.82) is 0 Å². The third-order valence-corrected chi connectivity index (χ3v) is 6.22. The number of carbonyl (C=O) groups is 5. The maximum Gasteiger partial charge on any atom is 0.242 e. The van der Waals surface area contributed by atoms with E-state index < -0.39 is 17.9 Å². The number of nitrogens with one attached hydrogen (secondary N) is 3. The van der Waals surface area contributed by atoms with Crippen molar-refractivity contribution in [1.82, 2.24) is 25.8 Å². The standard InChI is InChI=1S/C25H37N5O5/c1-5-17(2)29-15-22(32)28-18(3)25(35)27-13-11-21(31)26-14-12-23(33)30(16-24(29)34)19(4)20-9-7-6-8-10-20/h6-10,17-19H,5,11-16H2,1-4H3,(H,26,31)(H,27,35)(H,28,32)/t17?,18-,19-/m0/s1. The van der Waals surface area contributed by atoms with Crippen molar-refractivity contribution in [2.24, 2.45) is 0 Å². The van der Waals surface area contributed by atoms with Gasteiger partial charge >= 0.3 is 0 Å². The van der Waals surface area contributed by atoms with Crippen LogP contribution in [0, 0.1) is 0 Å². The van der Waals surface area contributed by atoms with Crippen LogP contribution in [0.5, 0.6) is 0 Å². The largest absolute Gasteiger partial charge is 0.356 e. The van der Waals surface area contributed by atoms with Crippen LogP contribution in [0.2, 0.25) is 0 Å². The minimum Gasteiger partial charge on any atom is -0.356 e. The van der Waals surface area contributed by atoms with E-state index >= 15 is 0 Å². The first-order valence-electron chi connectivity index (χ1n) is 12.1. The maximum absolute atomic E-state index is 13.4. The highest BCUT2D eigenvalue weighted by Gasteiger charge is 2.29. The van der Waals surface area contributed by atoms with E-state index in [4.69, 9.17) is 0 Å². The number of rotatable bonds is 4. The van der Waals surface area contributed by atoms with Gasteiger partial charge < -0.3 is 25.8 Å². The van der Waals surface area contributed by atoms with E-state index in [9.17, 15) is 24.0 Å². The zero-order valence-electron chi connectivity index (χ0n) is 21.0. The first-order chi connectivity index (χ1) is 16.6. The quantitative estimate of drug-likeness (QED) is 0.577. The van der Waals surface area contributed by atoms with Crippen molar-refractivity contribution >= 4 is 29.5 Å². The van der Waals surface area contributed by atoms with Gasteiger partial charge in [-0.3, -0.25) is 24.0 Å². The zero-order chi connectivity index (χ0) is 26.0. The summed E-state index contributed by atoms with van der Waals surface area (Å²) in [6, 6.07) is 7.92. The molecule has 5 amide bonds. The molecule has 1 unspecified atom stereocenters. The number of hydrogen-bond donors (Lipinski definition) is 3. The van der Waals surface area contributed by atoms with E-state index in [-0.39, 0.29) is 68.8 Å². The molecule has 0 bridgehead atoms. The Kier molecular flexibility index (Phi) is 10.7. The van der Waals surface area contributed by atoms with E-state index in [0.29, 0.717) is 6.42 Å². The monoisotopic (exact) mass is 487 g/mol. The summed E-state index contributed by atoms with van der Waals surface area (Å²) in [4.78, 5) is 66.6. The molecule has 1 aromatic rings. The number of nitrogens with zero attached hydrogens (tertiary/aromatic N) is 2. The molecular weight excluding hydrogens is 450 g/mol. The third-order valence-electron chi connectivity index (χ3n) is 6.22. The van der Waals surface area contributed by atoms with Crippen LogP contribution in [-0.2, 0) is 24.0 Å². The molecular formula is C25H37N5O5. The van der Waals surface area contributed by atoms with Crippen molar-refractivity contribution in [3.63, 3.8) is 0 Å². The van der Waals surface area contributed by atoms with Crippen LogP contribution < -0.4 is 16.0 Å². The Bertz CT molecular complexity index is 907. The van der Waals surface area contributed by atoms with Gasteiger partial charge in [0.25, 0.3) is 0 Å². The van der Waals surface area contributed by atoms with Gasteiger partial charge in [-0.15, -0.1) is 0 Å². The van der Waals surface area contributed by atoms with Crippen LogP contribution in [0.25, 0.3) is 0 Å². The summed E-state index contributed by atoms with van der Waals surface area (Å²) in [6.45, 7) is 6.92. The predicted molar refractivity (Wildman–Crippen MR) is 131 cm³/mol. The van der Waals surface area contributed by atoms with Crippen LogP contribution >= 0.6 is 0 Å². The van der Waals surface area contributed by atoms with Gasteiger partial charge in [0.05, 0.1) is 12.6 Å². The van der Waals surface area contributed by atoms with Gasteiger partial charge in [-0.1, -0.05) is 37.3 Å². The molecule has 1 aliphatic heterocycles. The Balaban J connectivity index is 2.33. The molecule has 0 aromatic heterocycles. The van der Waals surface area contributed by atoms with Gasteiger partial charge in [0, 0.05) is 32.0 Å². The molecule has 3 N–H and O–H groups in total. The first kappa shape index (κ1) is 27.8. The minimum absolute atomic E-state index is 0.0173. The van der Waals surface area contributed by atoms with E-state index in [2.05, 4.69) is 16.0 Å². The predicted octanol–water partition coefficient (Wildman–Crippen LogP) is 0.734. The Hall–Kier alpha value is -3.43. The summed E-state index contributed by atoms with van der Waals surface area (Å²) in [7, 11) is 0. The van der Waals surface area contributed by atoms with E-state index in [1.807, 2.05) is 51.1 Å². The molecule has 0 spiro atoms. The molecule has 10 nitrogen and oxygen atoms in total. The van der Waals surface area contributed by atoms with Crippen molar-refractivity contribution in [3.05, 3.63) is 35.9 Å². The van der Waals surface area contributed by atoms with Crippen molar-refractivity contribution in [2.75, 3.05) is 26.2 Å². The Labute approximate surface area is 206 Å².